The monoisotopic (exact) mass is 288 g/mol. The van der Waals surface area contributed by atoms with E-state index >= 15 is 0 Å². The molecule has 0 saturated carbocycles. The predicted molar refractivity (Wildman–Crippen MR) is 65.2 cm³/mol. The smallest absolute Gasteiger partial charge is 0.357 e. The van der Waals surface area contributed by atoms with Crippen LogP contribution in [-0.4, -0.2) is 32.9 Å². The first-order chi connectivity index (χ1) is 10.1. The van der Waals surface area contributed by atoms with E-state index in [1.807, 2.05) is 0 Å². The first-order valence-corrected chi connectivity index (χ1v) is 5.86. The van der Waals surface area contributed by atoms with Gasteiger partial charge in [-0.1, -0.05) is 12.1 Å². The molecular formula is C13H8N2O6. The lowest BCUT2D eigenvalue weighted by Crippen LogP contribution is -2.29. The van der Waals surface area contributed by atoms with Crippen molar-refractivity contribution in [2.24, 2.45) is 0 Å². The largest absolute Gasteiger partial charge is 0.476 e. The zero-order valence-electron chi connectivity index (χ0n) is 10.5. The number of oxazole rings is 1. The molecule has 0 saturated heterocycles. The summed E-state index contributed by atoms with van der Waals surface area (Å²) in [5.41, 5.74) is 0.221. The van der Waals surface area contributed by atoms with Crippen LogP contribution in [0.25, 0.3) is 0 Å². The topological polar surface area (TPSA) is 110 Å². The fraction of sp³-hybridized carbons (Fsp3) is 0.0769. The van der Waals surface area contributed by atoms with E-state index < -0.39 is 17.8 Å². The molecule has 2 aromatic rings. The highest BCUT2D eigenvalue weighted by atomic mass is 16.7. The zero-order valence-corrected chi connectivity index (χ0v) is 10.5. The number of hydrogen-bond donors (Lipinski definition) is 1. The normalized spacial score (nSPS) is 13.6. The number of nitrogens with zero attached hydrogens (tertiary/aromatic N) is 2. The minimum absolute atomic E-state index is 0.0519. The quantitative estimate of drug-likeness (QED) is 0.838. The summed E-state index contributed by atoms with van der Waals surface area (Å²) in [5.74, 6) is -2.46. The second kappa shape index (κ2) is 4.84. The van der Waals surface area contributed by atoms with Crippen LogP contribution >= 0.6 is 0 Å². The third-order valence-corrected chi connectivity index (χ3v) is 2.84. The average Bonchev–Trinajstić information content (AvgIpc) is 3.03. The van der Waals surface area contributed by atoms with E-state index in [9.17, 15) is 14.4 Å². The Balaban J connectivity index is 1.73. The van der Waals surface area contributed by atoms with Gasteiger partial charge in [0.15, 0.2) is 12.3 Å². The molecule has 1 aromatic carbocycles. The molecule has 1 aliphatic rings. The second-order valence-corrected chi connectivity index (χ2v) is 4.16. The van der Waals surface area contributed by atoms with Crippen LogP contribution in [0.15, 0.2) is 34.9 Å². The molecule has 0 atom stereocenters. The molecule has 0 aliphatic carbocycles. The van der Waals surface area contributed by atoms with Crippen LogP contribution in [0.3, 0.4) is 0 Å². The Hall–Kier alpha value is -3.00. The van der Waals surface area contributed by atoms with Crippen molar-refractivity contribution in [2.45, 2.75) is 6.61 Å². The standard InChI is InChI=1S/C13H8N2O6/c16-11-7-3-1-2-4-8(7)12(17)15(11)21-6-10-14-9(5-20-10)13(18)19/h1-5H,6H2,(H,18,19). The zero-order chi connectivity index (χ0) is 15.0. The van der Waals surface area contributed by atoms with E-state index in [1.165, 1.54) is 12.1 Å². The Morgan fingerprint density at radius 2 is 1.86 bits per heavy atom. The van der Waals surface area contributed by atoms with Gasteiger partial charge in [-0.25, -0.2) is 9.78 Å². The van der Waals surface area contributed by atoms with E-state index in [0.29, 0.717) is 5.06 Å². The molecule has 3 rings (SSSR count). The molecular weight excluding hydrogens is 280 g/mol. The molecule has 0 spiro atoms. The number of carbonyl (C=O) groups excluding carboxylic acids is 2. The fourth-order valence-electron chi connectivity index (χ4n) is 1.88. The van der Waals surface area contributed by atoms with E-state index in [0.717, 1.165) is 6.26 Å². The average molecular weight is 288 g/mol. The molecule has 0 radical (unpaired) electrons. The third-order valence-electron chi connectivity index (χ3n) is 2.84. The Morgan fingerprint density at radius 3 is 2.38 bits per heavy atom. The van der Waals surface area contributed by atoms with Crippen molar-refractivity contribution in [3.05, 3.63) is 53.2 Å². The minimum Gasteiger partial charge on any atom is -0.476 e. The maximum atomic E-state index is 12.0. The Labute approximate surface area is 117 Å². The summed E-state index contributed by atoms with van der Waals surface area (Å²) < 4.78 is 4.87. The van der Waals surface area contributed by atoms with Gasteiger partial charge in [0.05, 0.1) is 11.1 Å². The maximum Gasteiger partial charge on any atom is 0.357 e. The number of rotatable bonds is 4. The highest BCUT2D eigenvalue weighted by Crippen LogP contribution is 2.23. The number of fused-ring (bicyclic) bond motifs is 1. The SMILES string of the molecule is O=C(O)c1coc(CON2C(=O)c3ccccc3C2=O)n1. The molecule has 8 nitrogen and oxygen atoms in total. The Bertz CT molecular complexity index is 716. The van der Waals surface area contributed by atoms with Gasteiger partial charge in [0.25, 0.3) is 11.8 Å². The summed E-state index contributed by atoms with van der Waals surface area (Å²) in [4.78, 5) is 43.3. The van der Waals surface area contributed by atoms with Gasteiger partial charge >= 0.3 is 5.97 Å². The van der Waals surface area contributed by atoms with E-state index in [4.69, 9.17) is 14.4 Å². The number of carboxylic acids is 1. The van der Waals surface area contributed by atoms with Gasteiger partial charge in [0.2, 0.25) is 5.89 Å². The number of aromatic nitrogens is 1. The Morgan fingerprint density at radius 1 is 1.24 bits per heavy atom. The number of benzene rings is 1. The number of aromatic carboxylic acids is 1. The molecule has 21 heavy (non-hydrogen) atoms. The predicted octanol–water partition coefficient (Wildman–Crippen LogP) is 1.10. The van der Waals surface area contributed by atoms with Crippen LogP contribution in [0.4, 0.5) is 0 Å². The highest BCUT2D eigenvalue weighted by molar-refractivity contribution is 6.20. The lowest BCUT2D eigenvalue weighted by Gasteiger charge is -2.11. The summed E-state index contributed by atoms with van der Waals surface area (Å²) in [5, 5.41) is 9.30. The first-order valence-electron chi connectivity index (χ1n) is 5.86. The van der Waals surface area contributed by atoms with Crippen LogP contribution in [0.2, 0.25) is 0 Å². The van der Waals surface area contributed by atoms with Gasteiger partial charge in [0.1, 0.15) is 6.26 Å². The number of amides is 2. The second-order valence-electron chi connectivity index (χ2n) is 4.16. The lowest BCUT2D eigenvalue weighted by atomic mass is 10.1. The van der Waals surface area contributed by atoms with Gasteiger partial charge < -0.3 is 9.52 Å². The van der Waals surface area contributed by atoms with Crippen molar-refractivity contribution in [3.63, 3.8) is 0 Å². The Kier molecular flexibility index (Phi) is 2.99. The van der Waals surface area contributed by atoms with Crippen LogP contribution < -0.4 is 0 Å². The summed E-state index contributed by atoms with van der Waals surface area (Å²) >= 11 is 0. The third kappa shape index (κ3) is 2.17. The van der Waals surface area contributed by atoms with Crippen LogP contribution in [0.1, 0.15) is 37.1 Å². The van der Waals surface area contributed by atoms with Crippen LogP contribution in [-0.2, 0) is 11.4 Å². The molecule has 8 heteroatoms. The van der Waals surface area contributed by atoms with Gasteiger partial charge in [-0.05, 0) is 12.1 Å². The highest BCUT2D eigenvalue weighted by Gasteiger charge is 2.36. The van der Waals surface area contributed by atoms with Crippen LogP contribution in [0, 0.1) is 0 Å². The molecule has 2 heterocycles. The molecule has 1 aliphatic heterocycles. The molecule has 2 amide bonds. The molecule has 1 aromatic heterocycles. The van der Waals surface area contributed by atoms with Gasteiger partial charge in [-0.3, -0.25) is 14.4 Å². The molecule has 1 N–H and O–H groups in total. The van der Waals surface area contributed by atoms with Crippen LogP contribution in [0.5, 0.6) is 0 Å². The van der Waals surface area contributed by atoms with E-state index in [-0.39, 0.29) is 29.3 Å². The number of imide groups is 1. The molecule has 0 fully saturated rings. The lowest BCUT2D eigenvalue weighted by molar-refractivity contribution is -0.106. The van der Waals surface area contributed by atoms with Crippen molar-refractivity contribution in [2.75, 3.05) is 0 Å². The summed E-state index contributed by atoms with van der Waals surface area (Å²) in [6.07, 6.45) is 0.948. The number of carbonyl (C=O) groups is 3. The van der Waals surface area contributed by atoms with Gasteiger partial charge in [0, 0.05) is 0 Å². The first kappa shape index (κ1) is 13.0. The van der Waals surface area contributed by atoms with Gasteiger partial charge in [-0.15, -0.1) is 5.06 Å². The molecule has 0 bridgehead atoms. The summed E-state index contributed by atoms with van der Waals surface area (Å²) in [6, 6.07) is 6.32. The molecule has 0 unspecified atom stereocenters. The van der Waals surface area contributed by atoms with Gasteiger partial charge in [-0.2, -0.15) is 0 Å². The van der Waals surface area contributed by atoms with Crippen molar-refractivity contribution in [1.29, 1.82) is 0 Å². The number of hydrogen-bond acceptors (Lipinski definition) is 6. The molecule has 106 valence electrons. The number of carboxylic acid groups (broad SMARTS) is 1. The minimum atomic E-state index is -1.24. The van der Waals surface area contributed by atoms with E-state index in [1.54, 1.807) is 12.1 Å². The van der Waals surface area contributed by atoms with Crippen molar-refractivity contribution in [3.8, 4) is 0 Å². The van der Waals surface area contributed by atoms with Crippen molar-refractivity contribution >= 4 is 17.8 Å². The maximum absolute atomic E-state index is 12.0. The number of hydroxylamine groups is 2. The van der Waals surface area contributed by atoms with E-state index in [2.05, 4.69) is 4.98 Å². The van der Waals surface area contributed by atoms with Crippen molar-refractivity contribution in [1.82, 2.24) is 10.0 Å². The summed E-state index contributed by atoms with van der Waals surface area (Å²) in [6.45, 7) is -0.335. The fourth-order valence-corrected chi connectivity index (χ4v) is 1.88. The summed E-state index contributed by atoms with van der Waals surface area (Å²) in [7, 11) is 0. The van der Waals surface area contributed by atoms with Crippen molar-refractivity contribution < 1.29 is 28.7 Å².